The van der Waals surface area contributed by atoms with Gasteiger partial charge in [-0.25, -0.2) is 4.68 Å². The van der Waals surface area contributed by atoms with Crippen molar-refractivity contribution >= 4 is 5.97 Å². The van der Waals surface area contributed by atoms with Gasteiger partial charge in [0.25, 0.3) is 0 Å². The first-order chi connectivity index (χ1) is 11.9. The highest BCUT2D eigenvalue weighted by Crippen LogP contribution is 2.23. The van der Waals surface area contributed by atoms with Crippen molar-refractivity contribution in [2.45, 2.75) is 33.1 Å². The first kappa shape index (κ1) is 17.0. The van der Waals surface area contributed by atoms with Gasteiger partial charge in [-0.15, -0.1) is 0 Å². The fourth-order valence-electron chi connectivity index (χ4n) is 3.03. The largest absolute Gasteiger partial charge is 0.481 e. The zero-order valence-electron chi connectivity index (χ0n) is 14.7. The lowest BCUT2D eigenvalue weighted by Crippen LogP contribution is -2.15. The molecule has 4 nitrogen and oxygen atoms in total. The molecular formula is C21H22N2O2. The second-order valence-electron chi connectivity index (χ2n) is 6.53. The zero-order chi connectivity index (χ0) is 18.0. The van der Waals surface area contributed by atoms with Crippen molar-refractivity contribution in [2.24, 2.45) is 0 Å². The molecule has 3 aromatic rings. The van der Waals surface area contributed by atoms with E-state index in [9.17, 15) is 9.90 Å². The Morgan fingerprint density at radius 1 is 1.04 bits per heavy atom. The fourth-order valence-corrected chi connectivity index (χ4v) is 3.03. The standard InChI is InChI=1S/C21H22N2O2/c1-14-7-9-19(10-8-14)23-16(3)12-18(22-23)13-20(21(24)25)17-6-4-5-15(2)11-17/h4-12,20H,13H2,1-3H3,(H,24,25). The molecule has 3 rings (SSSR count). The third-order valence-electron chi connectivity index (χ3n) is 4.37. The maximum absolute atomic E-state index is 11.8. The van der Waals surface area contributed by atoms with Crippen LogP contribution in [-0.4, -0.2) is 20.9 Å². The summed E-state index contributed by atoms with van der Waals surface area (Å²) in [6, 6.07) is 17.8. The summed E-state index contributed by atoms with van der Waals surface area (Å²) in [4.78, 5) is 11.8. The van der Waals surface area contributed by atoms with Gasteiger partial charge in [-0.2, -0.15) is 5.10 Å². The van der Waals surface area contributed by atoms with E-state index < -0.39 is 11.9 Å². The molecule has 0 aliphatic rings. The molecule has 1 heterocycles. The Morgan fingerprint density at radius 3 is 2.40 bits per heavy atom. The van der Waals surface area contributed by atoms with E-state index in [0.29, 0.717) is 6.42 Å². The molecule has 0 radical (unpaired) electrons. The Balaban J connectivity index is 1.90. The zero-order valence-corrected chi connectivity index (χ0v) is 14.7. The van der Waals surface area contributed by atoms with E-state index >= 15 is 0 Å². The van der Waals surface area contributed by atoms with Crippen LogP contribution in [0.2, 0.25) is 0 Å². The molecule has 0 fully saturated rings. The van der Waals surface area contributed by atoms with E-state index in [1.165, 1.54) is 5.56 Å². The van der Waals surface area contributed by atoms with Crippen molar-refractivity contribution in [2.75, 3.05) is 0 Å². The van der Waals surface area contributed by atoms with Gasteiger partial charge in [-0.1, -0.05) is 47.5 Å². The minimum Gasteiger partial charge on any atom is -0.481 e. The van der Waals surface area contributed by atoms with Crippen LogP contribution in [0.4, 0.5) is 0 Å². The Bertz CT molecular complexity index is 895. The summed E-state index contributed by atoms with van der Waals surface area (Å²) in [6.07, 6.45) is 0.374. The number of hydrogen-bond acceptors (Lipinski definition) is 2. The molecule has 1 aromatic heterocycles. The van der Waals surface area contributed by atoms with Gasteiger partial charge in [0, 0.05) is 12.1 Å². The first-order valence-corrected chi connectivity index (χ1v) is 8.36. The normalized spacial score (nSPS) is 12.1. The van der Waals surface area contributed by atoms with Crippen LogP contribution in [0.5, 0.6) is 0 Å². The maximum Gasteiger partial charge on any atom is 0.311 e. The number of carbonyl (C=O) groups is 1. The average molecular weight is 334 g/mol. The number of aliphatic carboxylic acids is 1. The number of rotatable bonds is 5. The van der Waals surface area contributed by atoms with Gasteiger partial charge in [0.05, 0.1) is 17.3 Å². The minimum absolute atomic E-state index is 0.374. The number of benzene rings is 2. The van der Waals surface area contributed by atoms with E-state index in [1.807, 2.05) is 80.1 Å². The number of carboxylic acid groups (broad SMARTS) is 1. The smallest absolute Gasteiger partial charge is 0.311 e. The number of nitrogens with zero attached hydrogens (tertiary/aromatic N) is 2. The van der Waals surface area contributed by atoms with Crippen LogP contribution in [0.25, 0.3) is 5.69 Å². The summed E-state index contributed by atoms with van der Waals surface area (Å²) in [5, 5.41) is 14.3. The second kappa shape index (κ2) is 6.93. The van der Waals surface area contributed by atoms with Gasteiger partial charge in [-0.05, 0) is 44.5 Å². The molecule has 2 aromatic carbocycles. The number of aromatic nitrogens is 2. The summed E-state index contributed by atoms with van der Waals surface area (Å²) in [5.74, 6) is -1.42. The van der Waals surface area contributed by atoms with E-state index in [-0.39, 0.29) is 0 Å². The Kier molecular flexibility index (Phi) is 4.70. The van der Waals surface area contributed by atoms with Gasteiger partial charge in [0.2, 0.25) is 0 Å². The van der Waals surface area contributed by atoms with Crippen molar-refractivity contribution in [3.8, 4) is 5.69 Å². The first-order valence-electron chi connectivity index (χ1n) is 8.36. The van der Waals surface area contributed by atoms with Crippen molar-refractivity contribution in [1.82, 2.24) is 9.78 Å². The van der Waals surface area contributed by atoms with Crippen LogP contribution in [0, 0.1) is 20.8 Å². The summed E-state index contributed by atoms with van der Waals surface area (Å²) < 4.78 is 1.87. The van der Waals surface area contributed by atoms with E-state index in [4.69, 9.17) is 0 Å². The average Bonchev–Trinajstić information content (AvgIpc) is 2.94. The van der Waals surface area contributed by atoms with Crippen molar-refractivity contribution in [3.05, 3.63) is 82.7 Å². The molecule has 0 amide bonds. The van der Waals surface area contributed by atoms with Gasteiger partial charge in [0.15, 0.2) is 0 Å². The van der Waals surface area contributed by atoms with Gasteiger partial charge < -0.3 is 5.11 Å². The van der Waals surface area contributed by atoms with Crippen molar-refractivity contribution in [1.29, 1.82) is 0 Å². The Morgan fingerprint density at radius 2 is 1.76 bits per heavy atom. The maximum atomic E-state index is 11.8. The second-order valence-corrected chi connectivity index (χ2v) is 6.53. The predicted octanol–water partition coefficient (Wildman–Crippen LogP) is 4.21. The summed E-state index contributed by atoms with van der Waals surface area (Å²) in [5.41, 5.74) is 5.83. The number of hydrogen-bond donors (Lipinski definition) is 1. The van der Waals surface area contributed by atoms with Gasteiger partial charge in [0.1, 0.15) is 0 Å². The van der Waals surface area contributed by atoms with Crippen molar-refractivity contribution < 1.29 is 9.90 Å². The van der Waals surface area contributed by atoms with E-state index in [2.05, 4.69) is 5.10 Å². The lowest BCUT2D eigenvalue weighted by Gasteiger charge is -2.12. The molecule has 4 heteroatoms. The quantitative estimate of drug-likeness (QED) is 0.760. The van der Waals surface area contributed by atoms with E-state index in [0.717, 1.165) is 28.2 Å². The third-order valence-corrected chi connectivity index (χ3v) is 4.37. The molecule has 0 aliphatic heterocycles. The molecule has 0 spiro atoms. The highest BCUT2D eigenvalue weighted by atomic mass is 16.4. The minimum atomic E-state index is -0.826. The highest BCUT2D eigenvalue weighted by molar-refractivity contribution is 5.76. The third kappa shape index (κ3) is 3.79. The molecule has 0 bridgehead atoms. The molecule has 128 valence electrons. The van der Waals surface area contributed by atoms with Crippen LogP contribution >= 0.6 is 0 Å². The van der Waals surface area contributed by atoms with Crippen LogP contribution in [0.3, 0.4) is 0 Å². The van der Waals surface area contributed by atoms with Crippen LogP contribution in [0.15, 0.2) is 54.6 Å². The lowest BCUT2D eigenvalue weighted by molar-refractivity contribution is -0.138. The van der Waals surface area contributed by atoms with Gasteiger partial charge in [-0.3, -0.25) is 4.79 Å². The summed E-state index contributed by atoms with van der Waals surface area (Å²) >= 11 is 0. The Hall–Kier alpha value is -2.88. The van der Waals surface area contributed by atoms with Gasteiger partial charge >= 0.3 is 5.97 Å². The lowest BCUT2D eigenvalue weighted by atomic mass is 9.93. The fraction of sp³-hybridized carbons (Fsp3) is 0.238. The van der Waals surface area contributed by atoms with Crippen molar-refractivity contribution in [3.63, 3.8) is 0 Å². The van der Waals surface area contributed by atoms with Crippen LogP contribution in [-0.2, 0) is 11.2 Å². The summed E-state index contributed by atoms with van der Waals surface area (Å²) in [7, 11) is 0. The number of carboxylic acids is 1. The summed E-state index contributed by atoms with van der Waals surface area (Å²) in [6.45, 7) is 6.00. The molecule has 1 unspecified atom stereocenters. The predicted molar refractivity (Wildman–Crippen MR) is 98.3 cm³/mol. The SMILES string of the molecule is Cc1ccc(-n2nc(CC(C(=O)O)c3cccc(C)c3)cc2C)cc1. The molecule has 0 saturated heterocycles. The molecule has 0 saturated carbocycles. The molecular weight excluding hydrogens is 312 g/mol. The Labute approximate surface area is 147 Å². The van der Waals surface area contributed by atoms with E-state index in [1.54, 1.807) is 0 Å². The molecule has 25 heavy (non-hydrogen) atoms. The molecule has 0 aliphatic carbocycles. The topological polar surface area (TPSA) is 55.1 Å². The number of aryl methyl sites for hydroxylation is 3. The monoisotopic (exact) mass is 334 g/mol. The van der Waals surface area contributed by atoms with Crippen LogP contribution < -0.4 is 0 Å². The van der Waals surface area contributed by atoms with Crippen LogP contribution in [0.1, 0.15) is 34.0 Å². The highest BCUT2D eigenvalue weighted by Gasteiger charge is 2.22. The molecule has 1 N–H and O–H groups in total. The molecule has 1 atom stereocenters.